The SMILES string of the molecule is C[C@@H](Oc1ccccc1)C(=O)Nc1ccc(Nc2ccccc2)cc1. The topological polar surface area (TPSA) is 50.4 Å². The van der Waals surface area contributed by atoms with Crippen molar-refractivity contribution in [1.82, 2.24) is 0 Å². The highest BCUT2D eigenvalue weighted by Gasteiger charge is 2.14. The van der Waals surface area contributed by atoms with Gasteiger partial charge >= 0.3 is 0 Å². The van der Waals surface area contributed by atoms with Crippen LogP contribution in [-0.2, 0) is 4.79 Å². The van der Waals surface area contributed by atoms with E-state index < -0.39 is 6.10 Å². The Balaban J connectivity index is 1.56. The summed E-state index contributed by atoms with van der Waals surface area (Å²) in [6.07, 6.45) is -0.579. The molecule has 25 heavy (non-hydrogen) atoms. The molecule has 0 spiro atoms. The fraction of sp³-hybridized carbons (Fsp3) is 0.0952. The van der Waals surface area contributed by atoms with Crippen LogP contribution in [0.4, 0.5) is 17.1 Å². The molecule has 4 heteroatoms. The maximum atomic E-state index is 12.2. The van der Waals surface area contributed by atoms with Crippen LogP contribution >= 0.6 is 0 Å². The van der Waals surface area contributed by atoms with Crippen LogP contribution in [0.2, 0.25) is 0 Å². The van der Waals surface area contributed by atoms with Crippen LogP contribution < -0.4 is 15.4 Å². The summed E-state index contributed by atoms with van der Waals surface area (Å²) in [7, 11) is 0. The highest BCUT2D eigenvalue weighted by atomic mass is 16.5. The molecule has 0 radical (unpaired) electrons. The number of para-hydroxylation sites is 2. The highest BCUT2D eigenvalue weighted by Crippen LogP contribution is 2.19. The van der Waals surface area contributed by atoms with Crippen LogP contribution in [0.25, 0.3) is 0 Å². The zero-order chi connectivity index (χ0) is 17.5. The molecule has 0 heterocycles. The van der Waals surface area contributed by atoms with E-state index in [9.17, 15) is 4.79 Å². The third kappa shape index (κ3) is 4.85. The van der Waals surface area contributed by atoms with Gasteiger partial charge in [-0.1, -0.05) is 36.4 Å². The molecule has 0 aromatic heterocycles. The summed E-state index contributed by atoms with van der Waals surface area (Å²) in [5.41, 5.74) is 2.70. The first-order valence-electron chi connectivity index (χ1n) is 8.15. The number of hydrogen-bond donors (Lipinski definition) is 2. The smallest absolute Gasteiger partial charge is 0.265 e. The first-order valence-corrected chi connectivity index (χ1v) is 8.15. The number of benzene rings is 3. The number of nitrogens with one attached hydrogen (secondary N) is 2. The summed E-state index contributed by atoms with van der Waals surface area (Å²) in [5.74, 6) is 0.486. The Bertz CT molecular complexity index is 802. The molecule has 0 aliphatic carbocycles. The van der Waals surface area contributed by atoms with Crippen molar-refractivity contribution in [3.63, 3.8) is 0 Å². The second kappa shape index (κ2) is 8.02. The van der Waals surface area contributed by atoms with Gasteiger partial charge in [0.1, 0.15) is 5.75 Å². The molecule has 1 amide bonds. The predicted octanol–water partition coefficient (Wildman–Crippen LogP) is 4.84. The van der Waals surface area contributed by atoms with Crippen molar-refractivity contribution in [3.8, 4) is 5.75 Å². The maximum Gasteiger partial charge on any atom is 0.265 e. The van der Waals surface area contributed by atoms with Crippen molar-refractivity contribution >= 4 is 23.0 Å². The minimum absolute atomic E-state index is 0.187. The van der Waals surface area contributed by atoms with Crippen LogP contribution in [0.5, 0.6) is 5.75 Å². The molecule has 4 nitrogen and oxygen atoms in total. The van der Waals surface area contributed by atoms with Crippen LogP contribution in [0.1, 0.15) is 6.92 Å². The number of carbonyl (C=O) groups excluding carboxylic acids is 1. The summed E-state index contributed by atoms with van der Waals surface area (Å²) in [6.45, 7) is 1.73. The molecule has 0 bridgehead atoms. The van der Waals surface area contributed by atoms with Crippen molar-refractivity contribution in [3.05, 3.63) is 84.9 Å². The molecule has 126 valence electrons. The van der Waals surface area contributed by atoms with Crippen molar-refractivity contribution in [2.24, 2.45) is 0 Å². The summed E-state index contributed by atoms with van der Waals surface area (Å²) in [5, 5.41) is 6.16. The summed E-state index contributed by atoms with van der Waals surface area (Å²) >= 11 is 0. The Kier molecular flexibility index (Phi) is 5.32. The van der Waals surface area contributed by atoms with Gasteiger partial charge in [0.15, 0.2) is 6.10 Å². The van der Waals surface area contributed by atoms with Crippen molar-refractivity contribution in [1.29, 1.82) is 0 Å². The molecule has 0 aliphatic rings. The monoisotopic (exact) mass is 332 g/mol. The molecule has 1 atom stereocenters. The van der Waals surface area contributed by atoms with Gasteiger partial charge in [-0.3, -0.25) is 4.79 Å². The summed E-state index contributed by atoms with van der Waals surface area (Å²) in [4.78, 5) is 12.2. The first-order chi connectivity index (χ1) is 12.2. The van der Waals surface area contributed by atoms with Gasteiger partial charge < -0.3 is 15.4 Å². The van der Waals surface area contributed by atoms with Crippen LogP contribution in [0.3, 0.4) is 0 Å². The number of carbonyl (C=O) groups is 1. The fourth-order valence-electron chi connectivity index (χ4n) is 2.33. The molecule has 0 aliphatic heterocycles. The van der Waals surface area contributed by atoms with Gasteiger partial charge in [-0.2, -0.15) is 0 Å². The molecule has 2 N–H and O–H groups in total. The van der Waals surface area contributed by atoms with E-state index in [0.29, 0.717) is 5.75 Å². The van der Waals surface area contributed by atoms with Crippen molar-refractivity contribution in [2.45, 2.75) is 13.0 Å². The van der Waals surface area contributed by atoms with Crippen LogP contribution in [0, 0.1) is 0 Å². The number of anilines is 3. The largest absolute Gasteiger partial charge is 0.481 e. The number of hydrogen-bond acceptors (Lipinski definition) is 3. The quantitative estimate of drug-likeness (QED) is 0.679. The zero-order valence-electron chi connectivity index (χ0n) is 14.0. The Morgan fingerprint density at radius 1 is 0.760 bits per heavy atom. The lowest BCUT2D eigenvalue weighted by Gasteiger charge is -2.15. The van der Waals surface area contributed by atoms with Gasteiger partial charge in [-0.15, -0.1) is 0 Å². The molecular weight excluding hydrogens is 312 g/mol. The molecular formula is C21H20N2O2. The van der Waals surface area contributed by atoms with Gasteiger partial charge in [0.05, 0.1) is 0 Å². The number of rotatable bonds is 6. The third-order valence-electron chi connectivity index (χ3n) is 3.64. The maximum absolute atomic E-state index is 12.2. The van der Waals surface area contributed by atoms with E-state index in [2.05, 4.69) is 10.6 Å². The Hall–Kier alpha value is -3.27. The lowest BCUT2D eigenvalue weighted by Crippen LogP contribution is -2.30. The molecule has 0 fully saturated rings. The third-order valence-corrected chi connectivity index (χ3v) is 3.64. The Morgan fingerprint density at radius 2 is 1.28 bits per heavy atom. The summed E-state index contributed by atoms with van der Waals surface area (Å²) in [6, 6.07) is 26.8. The van der Waals surface area contributed by atoms with Crippen molar-refractivity contribution in [2.75, 3.05) is 10.6 Å². The number of ether oxygens (including phenoxy) is 1. The highest BCUT2D eigenvalue weighted by molar-refractivity contribution is 5.94. The van der Waals surface area contributed by atoms with E-state index in [0.717, 1.165) is 17.1 Å². The lowest BCUT2D eigenvalue weighted by atomic mass is 10.2. The predicted molar refractivity (Wildman–Crippen MR) is 101 cm³/mol. The van der Waals surface area contributed by atoms with Crippen molar-refractivity contribution < 1.29 is 9.53 Å². The minimum atomic E-state index is -0.579. The molecule has 0 saturated carbocycles. The van der Waals surface area contributed by atoms with Gasteiger partial charge in [-0.25, -0.2) is 0 Å². The molecule has 0 unspecified atom stereocenters. The standard InChI is InChI=1S/C21H20N2O2/c1-16(25-20-10-6-3-7-11-20)21(24)23-19-14-12-18(13-15-19)22-17-8-4-2-5-9-17/h2-16,22H,1H3,(H,23,24)/t16-/m1/s1. The lowest BCUT2D eigenvalue weighted by molar-refractivity contribution is -0.122. The van der Waals surface area contributed by atoms with E-state index in [1.165, 1.54) is 0 Å². The number of amides is 1. The molecule has 3 aromatic rings. The van der Waals surface area contributed by atoms with E-state index in [-0.39, 0.29) is 5.91 Å². The summed E-state index contributed by atoms with van der Waals surface area (Å²) < 4.78 is 5.63. The van der Waals surface area contributed by atoms with E-state index >= 15 is 0 Å². The van der Waals surface area contributed by atoms with Gasteiger partial charge in [0, 0.05) is 17.1 Å². The average molecular weight is 332 g/mol. The van der Waals surface area contributed by atoms with Crippen LogP contribution in [0.15, 0.2) is 84.9 Å². The van der Waals surface area contributed by atoms with Gasteiger partial charge in [0.2, 0.25) is 0 Å². The minimum Gasteiger partial charge on any atom is -0.481 e. The molecule has 0 saturated heterocycles. The second-order valence-corrected chi connectivity index (χ2v) is 5.63. The van der Waals surface area contributed by atoms with E-state index in [1.807, 2.05) is 84.9 Å². The molecule has 3 rings (SSSR count). The van der Waals surface area contributed by atoms with E-state index in [4.69, 9.17) is 4.74 Å². The molecule has 3 aromatic carbocycles. The average Bonchev–Trinajstić information content (AvgIpc) is 2.65. The Morgan fingerprint density at radius 3 is 1.92 bits per heavy atom. The normalized spacial score (nSPS) is 11.4. The van der Waals surface area contributed by atoms with Crippen LogP contribution in [-0.4, -0.2) is 12.0 Å². The van der Waals surface area contributed by atoms with Gasteiger partial charge in [-0.05, 0) is 55.5 Å². The fourth-order valence-corrected chi connectivity index (χ4v) is 2.33. The zero-order valence-corrected chi connectivity index (χ0v) is 14.0. The van der Waals surface area contributed by atoms with E-state index in [1.54, 1.807) is 6.92 Å². The second-order valence-electron chi connectivity index (χ2n) is 5.63. The van der Waals surface area contributed by atoms with Gasteiger partial charge in [0.25, 0.3) is 5.91 Å². The first kappa shape index (κ1) is 16.6. The Labute approximate surface area is 147 Å².